The molecule has 2 aromatic carbocycles. The van der Waals surface area contributed by atoms with Gasteiger partial charge >= 0.3 is 0 Å². The van der Waals surface area contributed by atoms with Gasteiger partial charge in [-0.2, -0.15) is 0 Å². The fourth-order valence-corrected chi connectivity index (χ4v) is 2.95. The second-order valence-corrected chi connectivity index (χ2v) is 6.18. The van der Waals surface area contributed by atoms with E-state index in [4.69, 9.17) is 11.6 Å². The van der Waals surface area contributed by atoms with Crippen molar-refractivity contribution >= 4 is 23.0 Å². The predicted molar refractivity (Wildman–Crippen MR) is 91.5 cm³/mol. The lowest BCUT2D eigenvalue weighted by molar-refractivity contribution is 0.527. The maximum absolute atomic E-state index is 5.92. The Morgan fingerprint density at radius 3 is 2.19 bits per heavy atom. The second-order valence-electron chi connectivity index (χ2n) is 5.75. The molecule has 1 aliphatic heterocycles. The monoisotopic (exact) mass is 300 g/mol. The molecule has 0 radical (unpaired) electrons. The minimum Gasteiger partial charge on any atom is -0.382 e. The summed E-state index contributed by atoms with van der Waals surface area (Å²) in [4.78, 5) is 2.47. The molecule has 0 aliphatic carbocycles. The SMILES string of the molecule is Cc1ccc(N2CCC(Nc3ccc(Cl)cc3)CC2)cc1. The van der Waals surface area contributed by atoms with Crippen LogP contribution in [0.5, 0.6) is 0 Å². The topological polar surface area (TPSA) is 15.3 Å². The van der Waals surface area contributed by atoms with Gasteiger partial charge in [0.15, 0.2) is 0 Å². The summed E-state index contributed by atoms with van der Waals surface area (Å²) in [6.45, 7) is 4.34. The molecule has 2 aromatic rings. The molecule has 1 saturated heterocycles. The van der Waals surface area contributed by atoms with E-state index in [0.717, 1.165) is 36.6 Å². The van der Waals surface area contributed by atoms with Crippen LogP contribution in [0.15, 0.2) is 48.5 Å². The maximum atomic E-state index is 5.92. The van der Waals surface area contributed by atoms with Crippen LogP contribution in [-0.2, 0) is 0 Å². The van der Waals surface area contributed by atoms with Crippen LogP contribution in [-0.4, -0.2) is 19.1 Å². The van der Waals surface area contributed by atoms with Crippen LogP contribution in [0.25, 0.3) is 0 Å². The van der Waals surface area contributed by atoms with E-state index < -0.39 is 0 Å². The van der Waals surface area contributed by atoms with Crippen molar-refractivity contribution in [1.82, 2.24) is 0 Å². The highest BCUT2D eigenvalue weighted by Gasteiger charge is 2.19. The Hall–Kier alpha value is -1.67. The first kappa shape index (κ1) is 14.3. The molecule has 0 unspecified atom stereocenters. The predicted octanol–water partition coefficient (Wildman–Crippen LogP) is 4.73. The molecule has 1 N–H and O–H groups in total. The summed E-state index contributed by atoms with van der Waals surface area (Å²) in [7, 11) is 0. The van der Waals surface area contributed by atoms with Crippen molar-refractivity contribution in [2.45, 2.75) is 25.8 Å². The molecule has 3 rings (SSSR count). The number of nitrogens with zero attached hydrogens (tertiary/aromatic N) is 1. The number of halogens is 1. The largest absolute Gasteiger partial charge is 0.382 e. The van der Waals surface area contributed by atoms with Crippen molar-refractivity contribution in [2.24, 2.45) is 0 Å². The van der Waals surface area contributed by atoms with E-state index in [1.165, 1.54) is 11.3 Å². The van der Waals surface area contributed by atoms with Crippen molar-refractivity contribution in [3.8, 4) is 0 Å². The van der Waals surface area contributed by atoms with E-state index in [1.807, 2.05) is 12.1 Å². The van der Waals surface area contributed by atoms with Crippen LogP contribution in [0.4, 0.5) is 11.4 Å². The Bertz CT molecular complexity index is 569. The maximum Gasteiger partial charge on any atom is 0.0407 e. The summed E-state index contributed by atoms with van der Waals surface area (Å²) in [5.74, 6) is 0. The number of anilines is 2. The van der Waals surface area contributed by atoms with Gasteiger partial charge in [0.1, 0.15) is 0 Å². The first-order valence-electron chi connectivity index (χ1n) is 7.54. The number of hydrogen-bond acceptors (Lipinski definition) is 2. The average Bonchev–Trinajstić information content (AvgIpc) is 2.51. The van der Waals surface area contributed by atoms with Crippen LogP contribution < -0.4 is 10.2 Å². The third-order valence-corrected chi connectivity index (χ3v) is 4.36. The fraction of sp³-hybridized carbons (Fsp3) is 0.333. The molecule has 0 atom stereocenters. The minimum atomic E-state index is 0.549. The first-order chi connectivity index (χ1) is 10.2. The van der Waals surface area contributed by atoms with Gasteiger partial charge in [-0.25, -0.2) is 0 Å². The Balaban J connectivity index is 1.55. The highest BCUT2D eigenvalue weighted by molar-refractivity contribution is 6.30. The lowest BCUT2D eigenvalue weighted by Crippen LogP contribution is -2.39. The van der Waals surface area contributed by atoms with Crippen LogP contribution in [0, 0.1) is 6.92 Å². The number of aryl methyl sites for hydroxylation is 1. The number of benzene rings is 2. The van der Waals surface area contributed by atoms with E-state index in [2.05, 4.69) is 53.5 Å². The van der Waals surface area contributed by atoms with Gasteiger partial charge in [0.2, 0.25) is 0 Å². The second kappa shape index (κ2) is 6.40. The molecule has 1 aliphatic rings. The van der Waals surface area contributed by atoms with Crippen molar-refractivity contribution in [3.05, 3.63) is 59.1 Å². The molecule has 2 nitrogen and oxygen atoms in total. The molecule has 0 amide bonds. The van der Waals surface area contributed by atoms with Gasteiger partial charge in [0, 0.05) is 35.5 Å². The molecular formula is C18H21ClN2. The van der Waals surface area contributed by atoms with E-state index in [-0.39, 0.29) is 0 Å². The van der Waals surface area contributed by atoms with Gasteiger partial charge in [0.25, 0.3) is 0 Å². The molecule has 21 heavy (non-hydrogen) atoms. The normalized spacial score (nSPS) is 16.0. The number of hydrogen-bond donors (Lipinski definition) is 1. The van der Waals surface area contributed by atoms with Crippen molar-refractivity contribution in [3.63, 3.8) is 0 Å². The van der Waals surface area contributed by atoms with Gasteiger partial charge in [-0.05, 0) is 56.2 Å². The summed E-state index contributed by atoms with van der Waals surface area (Å²) < 4.78 is 0. The van der Waals surface area contributed by atoms with Gasteiger partial charge < -0.3 is 10.2 Å². The summed E-state index contributed by atoms with van der Waals surface area (Å²) in [5, 5.41) is 4.39. The molecule has 1 fully saturated rings. The van der Waals surface area contributed by atoms with E-state index >= 15 is 0 Å². The van der Waals surface area contributed by atoms with Crippen LogP contribution >= 0.6 is 11.6 Å². The smallest absolute Gasteiger partial charge is 0.0407 e. The summed E-state index contributed by atoms with van der Waals surface area (Å²) in [6.07, 6.45) is 2.33. The van der Waals surface area contributed by atoms with E-state index in [0.29, 0.717) is 6.04 Å². The molecular weight excluding hydrogens is 280 g/mol. The zero-order chi connectivity index (χ0) is 14.7. The van der Waals surface area contributed by atoms with Crippen LogP contribution in [0.1, 0.15) is 18.4 Å². The Labute approximate surface area is 131 Å². The quantitative estimate of drug-likeness (QED) is 0.881. The summed E-state index contributed by atoms with van der Waals surface area (Å²) in [6, 6.07) is 17.3. The molecule has 1 heterocycles. The number of rotatable bonds is 3. The van der Waals surface area contributed by atoms with Gasteiger partial charge in [0.05, 0.1) is 0 Å². The molecule has 3 heteroatoms. The van der Waals surface area contributed by atoms with Crippen LogP contribution in [0.2, 0.25) is 5.02 Å². The lowest BCUT2D eigenvalue weighted by Gasteiger charge is -2.34. The third-order valence-electron chi connectivity index (χ3n) is 4.11. The highest BCUT2D eigenvalue weighted by Crippen LogP contribution is 2.23. The Morgan fingerprint density at radius 2 is 1.57 bits per heavy atom. The highest BCUT2D eigenvalue weighted by atomic mass is 35.5. The number of piperidine rings is 1. The van der Waals surface area contributed by atoms with Gasteiger partial charge in [-0.1, -0.05) is 29.3 Å². The third kappa shape index (κ3) is 3.70. The lowest BCUT2D eigenvalue weighted by atomic mass is 10.0. The summed E-state index contributed by atoms with van der Waals surface area (Å²) >= 11 is 5.92. The van der Waals surface area contributed by atoms with E-state index in [9.17, 15) is 0 Å². The van der Waals surface area contributed by atoms with E-state index in [1.54, 1.807) is 0 Å². The van der Waals surface area contributed by atoms with Crippen LogP contribution in [0.3, 0.4) is 0 Å². The zero-order valence-electron chi connectivity index (χ0n) is 12.3. The van der Waals surface area contributed by atoms with Crippen molar-refractivity contribution in [2.75, 3.05) is 23.3 Å². The van der Waals surface area contributed by atoms with Gasteiger partial charge in [-0.15, -0.1) is 0 Å². The average molecular weight is 301 g/mol. The fourth-order valence-electron chi connectivity index (χ4n) is 2.82. The molecule has 110 valence electrons. The first-order valence-corrected chi connectivity index (χ1v) is 7.92. The Kier molecular flexibility index (Phi) is 4.35. The molecule has 0 spiro atoms. The molecule has 0 saturated carbocycles. The summed E-state index contributed by atoms with van der Waals surface area (Å²) in [5.41, 5.74) is 3.82. The zero-order valence-corrected chi connectivity index (χ0v) is 13.1. The van der Waals surface area contributed by atoms with Crippen molar-refractivity contribution in [1.29, 1.82) is 0 Å². The standard InChI is InChI=1S/C18H21ClN2/c1-14-2-8-18(9-3-14)21-12-10-17(11-13-21)20-16-6-4-15(19)5-7-16/h2-9,17,20H,10-13H2,1H3. The molecule has 0 aromatic heterocycles. The Morgan fingerprint density at radius 1 is 0.952 bits per heavy atom. The minimum absolute atomic E-state index is 0.549. The van der Waals surface area contributed by atoms with Gasteiger partial charge in [-0.3, -0.25) is 0 Å². The van der Waals surface area contributed by atoms with Crippen molar-refractivity contribution < 1.29 is 0 Å². The molecule has 0 bridgehead atoms. The number of nitrogens with one attached hydrogen (secondary N) is 1.